The van der Waals surface area contributed by atoms with Crippen molar-refractivity contribution in [2.75, 3.05) is 18.5 Å². The van der Waals surface area contributed by atoms with Gasteiger partial charge >= 0.3 is 0 Å². The van der Waals surface area contributed by atoms with Gasteiger partial charge in [-0.1, -0.05) is 13.8 Å². The number of rotatable bonds is 5. The summed E-state index contributed by atoms with van der Waals surface area (Å²) in [5, 5.41) is 2.80. The SMILES string of the molecule is CC(C)NC(=O)CN(C)c1cc(=O)[nH]c(C(C)C)n1. The van der Waals surface area contributed by atoms with Crippen molar-refractivity contribution >= 4 is 11.7 Å². The lowest BCUT2D eigenvalue weighted by molar-refractivity contribution is -0.120. The molecule has 2 N–H and O–H groups in total. The lowest BCUT2D eigenvalue weighted by Gasteiger charge is -2.19. The van der Waals surface area contributed by atoms with Crippen molar-refractivity contribution in [1.29, 1.82) is 0 Å². The number of hydrogen-bond donors (Lipinski definition) is 2. The Morgan fingerprint density at radius 1 is 1.42 bits per heavy atom. The Kier molecular flexibility index (Phi) is 5.09. The first kappa shape index (κ1) is 15.2. The summed E-state index contributed by atoms with van der Waals surface area (Å²) in [6.07, 6.45) is 0. The fraction of sp³-hybridized carbons (Fsp3) is 0.615. The first-order valence-electron chi connectivity index (χ1n) is 6.41. The van der Waals surface area contributed by atoms with Gasteiger partial charge in [-0.3, -0.25) is 9.59 Å². The molecular formula is C13H22N4O2. The zero-order valence-electron chi connectivity index (χ0n) is 12.2. The van der Waals surface area contributed by atoms with Gasteiger partial charge in [0, 0.05) is 25.1 Å². The normalized spacial score (nSPS) is 10.9. The quantitative estimate of drug-likeness (QED) is 0.828. The topological polar surface area (TPSA) is 78.1 Å². The minimum atomic E-state index is -0.204. The van der Waals surface area contributed by atoms with E-state index in [2.05, 4.69) is 15.3 Å². The molecule has 0 saturated carbocycles. The number of aromatic amines is 1. The Labute approximate surface area is 113 Å². The van der Waals surface area contributed by atoms with E-state index in [0.29, 0.717) is 11.6 Å². The van der Waals surface area contributed by atoms with Crippen molar-refractivity contribution in [3.63, 3.8) is 0 Å². The van der Waals surface area contributed by atoms with Crippen LogP contribution in [0.1, 0.15) is 39.4 Å². The summed E-state index contributed by atoms with van der Waals surface area (Å²) in [6.45, 7) is 7.88. The number of nitrogens with zero attached hydrogens (tertiary/aromatic N) is 2. The first-order chi connectivity index (χ1) is 8.79. The predicted octanol–water partition coefficient (Wildman–Crippen LogP) is 0.854. The highest BCUT2D eigenvalue weighted by Gasteiger charge is 2.12. The van der Waals surface area contributed by atoms with Crippen LogP contribution in [0.25, 0.3) is 0 Å². The van der Waals surface area contributed by atoms with Gasteiger partial charge in [0.1, 0.15) is 11.6 Å². The molecule has 6 heteroatoms. The number of nitrogens with one attached hydrogen (secondary N) is 2. The summed E-state index contributed by atoms with van der Waals surface area (Å²) in [5.41, 5.74) is -0.204. The van der Waals surface area contributed by atoms with Crippen LogP contribution in [-0.2, 0) is 4.79 Å². The standard InChI is InChI=1S/C13H22N4O2/c1-8(2)13-15-10(6-11(18)16-13)17(5)7-12(19)14-9(3)4/h6,8-9H,7H2,1-5H3,(H,14,19)(H,15,16,18). The molecule has 106 valence electrons. The molecule has 0 aliphatic heterocycles. The maximum Gasteiger partial charge on any atom is 0.252 e. The van der Waals surface area contributed by atoms with Gasteiger partial charge in [-0.15, -0.1) is 0 Å². The molecule has 1 rings (SSSR count). The second-order valence-corrected chi connectivity index (χ2v) is 5.22. The Balaban J connectivity index is 2.85. The molecule has 0 aliphatic rings. The molecule has 1 amide bonds. The maximum atomic E-state index is 11.7. The van der Waals surface area contributed by atoms with E-state index in [1.165, 1.54) is 6.07 Å². The molecule has 0 aliphatic carbocycles. The number of H-pyrrole nitrogens is 1. The number of hydrogen-bond acceptors (Lipinski definition) is 4. The summed E-state index contributed by atoms with van der Waals surface area (Å²) < 4.78 is 0. The third-order valence-electron chi connectivity index (χ3n) is 2.51. The van der Waals surface area contributed by atoms with E-state index in [9.17, 15) is 9.59 Å². The van der Waals surface area contributed by atoms with Crippen LogP contribution in [0.5, 0.6) is 0 Å². The highest BCUT2D eigenvalue weighted by molar-refractivity contribution is 5.81. The fourth-order valence-electron chi connectivity index (χ4n) is 1.60. The largest absolute Gasteiger partial charge is 0.352 e. The molecule has 6 nitrogen and oxygen atoms in total. The van der Waals surface area contributed by atoms with Crippen LogP contribution in [0.15, 0.2) is 10.9 Å². The zero-order valence-corrected chi connectivity index (χ0v) is 12.2. The Morgan fingerprint density at radius 2 is 2.05 bits per heavy atom. The van der Waals surface area contributed by atoms with Crippen molar-refractivity contribution in [2.45, 2.75) is 39.7 Å². The second kappa shape index (κ2) is 6.36. The minimum absolute atomic E-state index is 0.0920. The van der Waals surface area contributed by atoms with Crippen molar-refractivity contribution in [3.05, 3.63) is 22.2 Å². The van der Waals surface area contributed by atoms with E-state index >= 15 is 0 Å². The molecule has 1 aromatic rings. The van der Waals surface area contributed by atoms with E-state index in [-0.39, 0.29) is 30.0 Å². The molecule has 0 spiro atoms. The first-order valence-corrected chi connectivity index (χ1v) is 6.41. The van der Waals surface area contributed by atoms with Gasteiger partial charge in [0.05, 0.1) is 6.54 Å². The van der Waals surface area contributed by atoms with Crippen LogP contribution in [-0.4, -0.2) is 35.5 Å². The van der Waals surface area contributed by atoms with Gasteiger partial charge in [-0.25, -0.2) is 4.98 Å². The summed E-state index contributed by atoms with van der Waals surface area (Å²) >= 11 is 0. The van der Waals surface area contributed by atoms with Gasteiger partial charge in [0.15, 0.2) is 0 Å². The zero-order chi connectivity index (χ0) is 14.6. The van der Waals surface area contributed by atoms with Gasteiger partial charge in [0.2, 0.25) is 5.91 Å². The monoisotopic (exact) mass is 266 g/mol. The number of aromatic nitrogens is 2. The lowest BCUT2D eigenvalue weighted by atomic mass is 10.2. The van der Waals surface area contributed by atoms with E-state index in [1.807, 2.05) is 27.7 Å². The van der Waals surface area contributed by atoms with Crippen LogP contribution in [0, 0.1) is 0 Å². The van der Waals surface area contributed by atoms with Crippen LogP contribution in [0.4, 0.5) is 5.82 Å². The van der Waals surface area contributed by atoms with Crippen LogP contribution in [0.2, 0.25) is 0 Å². The number of amides is 1. The second-order valence-electron chi connectivity index (χ2n) is 5.22. The third-order valence-corrected chi connectivity index (χ3v) is 2.51. The van der Waals surface area contributed by atoms with Crippen molar-refractivity contribution in [2.24, 2.45) is 0 Å². The van der Waals surface area contributed by atoms with Gasteiger partial charge in [0.25, 0.3) is 5.56 Å². The van der Waals surface area contributed by atoms with Crippen molar-refractivity contribution < 1.29 is 4.79 Å². The molecule has 0 fully saturated rings. The summed E-state index contributed by atoms with van der Waals surface area (Å²) in [6, 6.07) is 1.49. The van der Waals surface area contributed by atoms with Crippen LogP contribution < -0.4 is 15.8 Å². The average molecular weight is 266 g/mol. The summed E-state index contributed by atoms with van der Waals surface area (Å²) in [7, 11) is 1.74. The van der Waals surface area contributed by atoms with E-state index in [4.69, 9.17) is 0 Å². The third kappa shape index (κ3) is 4.73. The van der Waals surface area contributed by atoms with Gasteiger partial charge in [-0.05, 0) is 13.8 Å². The van der Waals surface area contributed by atoms with Gasteiger partial charge < -0.3 is 15.2 Å². The smallest absolute Gasteiger partial charge is 0.252 e. The lowest BCUT2D eigenvalue weighted by Crippen LogP contribution is -2.39. The number of likely N-dealkylation sites (N-methyl/N-ethyl adjacent to an activating group) is 1. The minimum Gasteiger partial charge on any atom is -0.352 e. The Bertz CT molecular complexity index is 494. The van der Waals surface area contributed by atoms with Crippen LogP contribution in [0.3, 0.4) is 0 Å². The van der Waals surface area contributed by atoms with E-state index < -0.39 is 0 Å². The Morgan fingerprint density at radius 3 is 2.58 bits per heavy atom. The summed E-state index contributed by atoms with van der Waals surface area (Å²) in [4.78, 5) is 31.9. The molecule has 1 aromatic heterocycles. The van der Waals surface area contributed by atoms with E-state index in [1.54, 1.807) is 11.9 Å². The van der Waals surface area contributed by atoms with Crippen LogP contribution >= 0.6 is 0 Å². The molecule has 0 radical (unpaired) electrons. The maximum absolute atomic E-state index is 11.7. The average Bonchev–Trinajstić information content (AvgIpc) is 2.26. The molecule has 0 unspecified atom stereocenters. The van der Waals surface area contributed by atoms with Gasteiger partial charge in [-0.2, -0.15) is 0 Å². The number of carbonyl (C=O) groups is 1. The molecule has 0 bridgehead atoms. The molecule has 0 aromatic carbocycles. The predicted molar refractivity (Wildman–Crippen MR) is 75.5 cm³/mol. The highest BCUT2D eigenvalue weighted by atomic mass is 16.2. The molecule has 19 heavy (non-hydrogen) atoms. The molecular weight excluding hydrogens is 244 g/mol. The van der Waals surface area contributed by atoms with Crippen molar-refractivity contribution in [3.8, 4) is 0 Å². The van der Waals surface area contributed by atoms with Crippen molar-refractivity contribution in [1.82, 2.24) is 15.3 Å². The summed E-state index contributed by atoms with van der Waals surface area (Å²) in [5.74, 6) is 1.17. The van der Waals surface area contributed by atoms with E-state index in [0.717, 1.165) is 0 Å². The molecule has 0 atom stereocenters. The molecule has 0 saturated heterocycles. The highest BCUT2D eigenvalue weighted by Crippen LogP contribution is 2.11. The Hall–Kier alpha value is -1.85. The number of carbonyl (C=O) groups excluding carboxylic acids is 1. The fourth-order valence-corrected chi connectivity index (χ4v) is 1.60. The number of anilines is 1. The molecule has 1 heterocycles.